The van der Waals surface area contributed by atoms with Crippen molar-refractivity contribution < 1.29 is 4.79 Å². The van der Waals surface area contributed by atoms with Crippen LogP contribution in [0.1, 0.15) is 41.4 Å². The third kappa shape index (κ3) is 3.43. The third-order valence-corrected chi connectivity index (χ3v) is 6.04. The maximum Gasteiger partial charge on any atom is 0.251 e. The number of carbonyl (C=O) groups is 1. The molecule has 0 bridgehead atoms. The van der Waals surface area contributed by atoms with Crippen LogP contribution < -0.4 is 11.1 Å². The van der Waals surface area contributed by atoms with Crippen molar-refractivity contribution in [3.05, 3.63) is 50.7 Å². The van der Waals surface area contributed by atoms with E-state index in [2.05, 4.69) is 29.4 Å². The van der Waals surface area contributed by atoms with Crippen molar-refractivity contribution in [2.75, 3.05) is 18.8 Å². The Morgan fingerprint density at radius 3 is 2.79 bits per heavy atom. The average Bonchev–Trinajstić information content (AvgIpc) is 2.92. The summed E-state index contributed by atoms with van der Waals surface area (Å²) in [6.45, 7) is 5.86. The standard InChI is InChI=1S/C18H22ClN3OS/c1-11-9-15-16(10-24-17(15)19)12(2)22(11)8-7-21-18(23)13-3-5-14(20)6-4-13/h3-6,10-12H,7-9,20H2,1-2H3,(H,21,23). The van der Waals surface area contributed by atoms with E-state index in [-0.39, 0.29) is 5.91 Å². The summed E-state index contributed by atoms with van der Waals surface area (Å²) in [5.74, 6) is -0.0633. The summed E-state index contributed by atoms with van der Waals surface area (Å²) in [4.78, 5) is 14.6. The highest BCUT2D eigenvalue weighted by Gasteiger charge is 2.31. The third-order valence-electron chi connectivity index (χ3n) is 4.72. The molecule has 0 saturated heterocycles. The Kier molecular flexibility index (Phi) is 5.13. The second kappa shape index (κ2) is 7.13. The van der Waals surface area contributed by atoms with Gasteiger partial charge in [0.05, 0.1) is 4.34 Å². The summed E-state index contributed by atoms with van der Waals surface area (Å²) >= 11 is 7.91. The van der Waals surface area contributed by atoms with E-state index in [9.17, 15) is 4.79 Å². The number of nitrogens with zero attached hydrogens (tertiary/aromatic N) is 1. The number of hydrogen-bond donors (Lipinski definition) is 2. The first-order valence-electron chi connectivity index (χ1n) is 8.12. The van der Waals surface area contributed by atoms with Crippen LogP contribution in [0.25, 0.3) is 0 Å². The van der Waals surface area contributed by atoms with Crippen LogP contribution in [0.5, 0.6) is 0 Å². The van der Waals surface area contributed by atoms with Crippen molar-refractivity contribution in [3.63, 3.8) is 0 Å². The lowest BCUT2D eigenvalue weighted by Gasteiger charge is -2.39. The molecule has 0 radical (unpaired) electrons. The number of amides is 1. The summed E-state index contributed by atoms with van der Waals surface area (Å²) in [5, 5.41) is 5.15. The predicted molar refractivity (Wildman–Crippen MR) is 101 cm³/mol. The van der Waals surface area contributed by atoms with Gasteiger partial charge in [-0.25, -0.2) is 0 Å². The molecule has 0 aliphatic carbocycles. The molecule has 0 fully saturated rings. The zero-order chi connectivity index (χ0) is 17.3. The molecule has 0 saturated carbocycles. The fourth-order valence-corrected chi connectivity index (χ4v) is 4.57. The summed E-state index contributed by atoms with van der Waals surface area (Å²) in [5.41, 5.74) is 9.57. The molecule has 0 spiro atoms. The van der Waals surface area contributed by atoms with Crippen molar-refractivity contribution in [1.82, 2.24) is 10.2 Å². The van der Waals surface area contributed by atoms with Crippen molar-refractivity contribution in [1.29, 1.82) is 0 Å². The van der Waals surface area contributed by atoms with E-state index < -0.39 is 0 Å². The molecule has 3 N–H and O–H groups in total. The van der Waals surface area contributed by atoms with Gasteiger partial charge in [-0.3, -0.25) is 9.69 Å². The van der Waals surface area contributed by atoms with Crippen LogP contribution in [0.15, 0.2) is 29.6 Å². The first-order valence-corrected chi connectivity index (χ1v) is 9.38. The van der Waals surface area contributed by atoms with Gasteiger partial charge in [-0.05, 0) is 61.0 Å². The quantitative estimate of drug-likeness (QED) is 0.814. The van der Waals surface area contributed by atoms with Crippen LogP contribution in [-0.2, 0) is 6.42 Å². The Labute approximate surface area is 151 Å². The first kappa shape index (κ1) is 17.3. The molecule has 2 unspecified atom stereocenters. The van der Waals surface area contributed by atoms with Crippen LogP contribution in [0, 0.1) is 0 Å². The molecule has 2 atom stereocenters. The SMILES string of the molecule is CC1Cc2c(csc2Cl)C(C)N1CCNC(=O)c1ccc(N)cc1. The van der Waals surface area contributed by atoms with Crippen molar-refractivity contribution in [2.24, 2.45) is 0 Å². The summed E-state index contributed by atoms with van der Waals surface area (Å²) in [6, 6.07) is 7.71. The number of hydrogen-bond acceptors (Lipinski definition) is 4. The highest BCUT2D eigenvalue weighted by Crippen LogP contribution is 2.39. The Balaban J connectivity index is 1.58. The van der Waals surface area contributed by atoms with E-state index in [0.29, 0.717) is 29.9 Å². The monoisotopic (exact) mass is 363 g/mol. The number of fused-ring (bicyclic) bond motifs is 1. The van der Waals surface area contributed by atoms with E-state index in [0.717, 1.165) is 17.3 Å². The van der Waals surface area contributed by atoms with Crippen LogP contribution in [-0.4, -0.2) is 29.9 Å². The number of nitrogen functional groups attached to an aromatic ring is 1. The van der Waals surface area contributed by atoms with Gasteiger partial charge >= 0.3 is 0 Å². The molecule has 1 aromatic heterocycles. The Bertz CT molecular complexity index is 728. The topological polar surface area (TPSA) is 58.4 Å². The number of rotatable bonds is 4. The van der Waals surface area contributed by atoms with Gasteiger partial charge in [0, 0.05) is 36.4 Å². The van der Waals surface area contributed by atoms with Crippen LogP contribution in [0.4, 0.5) is 5.69 Å². The van der Waals surface area contributed by atoms with Crippen LogP contribution in [0.3, 0.4) is 0 Å². The van der Waals surface area contributed by atoms with Crippen molar-refractivity contribution in [2.45, 2.75) is 32.4 Å². The number of thiophene rings is 1. The number of benzene rings is 1. The Morgan fingerprint density at radius 1 is 1.38 bits per heavy atom. The number of nitrogens with two attached hydrogens (primary N) is 1. The molecule has 1 aliphatic heterocycles. The fraction of sp³-hybridized carbons (Fsp3) is 0.389. The van der Waals surface area contributed by atoms with Gasteiger partial charge in [0.25, 0.3) is 5.91 Å². The summed E-state index contributed by atoms with van der Waals surface area (Å²) in [7, 11) is 0. The zero-order valence-corrected chi connectivity index (χ0v) is 15.5. The molecule has 24 heavy (non-hydrogen) atoms. The van der Waals surface area contributed by atoms with E-state index in [1.165, 1.54) is 11.1 Å². The normalized spacial score (nSPS) is 20.6. The molecule has 2 aromatic rings. The fourth-order valence-electron chi connectivity index (χ4n) is 3.34. The maximum absolute atomic E-state index is 12.2. The smallest absolute Gasteiger partial charge is 0.251 e. The highest BCUT2D eigenvalue weighted by molar-refractivity contribution is 7.14. The second-order valence-corrected chi connectivity index (χ2v) is 7.77. The van der Waals surface area contributed by atoms with Gasteiger partial charge in [-0.15, -0.1) is 11.3 Å². The molecule has 3 rings (SSSR count). The molecule has 4 nitrogen and oxygen atoms in total. The molecule has 1 aliphatic rings. The lowest BCUT2D eigenvalue weighted by atomic mass is 9.93. The van der Waals surface area contributed by atoms with Gasteiger partial charge in [0.2, 0.25) is 0 Å². The highest BCUT2D eigenvalue weighted by atomic mass is 35.5. The first-order chi connectivity index (χ1) is 11.5. The molecule has 1 amide bonds. The maximum atomic E-state index is 12.2. The summed E-state index contributed by atoms with van der Waals surface area (Å²) < 4.78 is 0.917. The zero-order valence-electron chi connectivity index (χ0n) is 13.9. The molecular weight excluding hydrogens is 342 g/mol. The average molecular weight is 364 g/mol. The van der Waals surface area contributed by atoms with Crippen LogP contribution in [0.2, 0.25) is 4.34 Å². The van der Waals surface area contributed by atoms with Gasteiger partial charge in [-0.2, -0.15) is 0 Å². The second-order valence-electron chi connectivity index (χ2n) is 6.29. The van der Waals surface area contributed by atoms with E-state index in [1.807, 2.05) is 0 Å². The summed E-state index contributed by atoms with van der Waals surface area (Å²) in [6.07, 6.45) is 0.966. The predicted octanol–water partition coefficient (Wildman–Crippen LogP) is 3.72. The van der Waals surface area contributed by atoms with E-state index >= 15 is 0 Å². The number of nitrogens with one attached hydrogen (secondary N) is 1. The Morgan fingerprint density at radius 2 is 2.08 bits per heavy atom. The molecule has 128 valence electrons. The Hall–Kier alpha value is -1.56. The van der Waals surface area contributed by atoms with Gasteiger partial charge in [0.1, 0.15) is 0 Å². The molecule has 2 heterocycles. The van der Waals surface area contributed by atoms with Crippen molar-refractivity contribution >= 4 is 34.5 Å². The van der Waals surface area contributed by atoms with E-state index in [4.69, 9.17) is 17.3 Å². The number of carbonyl (C=O) groups excluding carboxylic acids is 1. The number of anilines is 1. The molecule has 6 heteroatoms. The minimum absolute atomic E-state index is 0.0633. The molecular formula is C18H22ClN3OS. The minimum Gasteiger partial charge on any atom is -0.399 e. The lowest BCUT2D eigenvalue weighted by molar-refractivity contribution is 0.0929. The largest absolute Gasteiger partial charge is 0.399 e. The van der Waals surface area contributed by atoms with Gasteiger partial charge in [-0.1, -0.05) is 11.6 Å². The van der Waals surface area contributed by atoms with Crippen LogP contribution >= 0.6 is 22.9 Å². The number of halogens is 1. The molecule has 1 aromatic carbocycles. The lowest BCUT2D eigenvalue weighted by Crippen LogP contribution is -2.44. The van der Waals surface area contributed by atoms with Crippen molar-refractivity contribution in [3.8, 4) is 0 Å². The van der Waals surface area contributed by atoms with Gasteiger partial charge < -0.3 is 11.1 Å². The minimum atomic E-state index is -0.0633. The van der Waals surface area contributed by atoms with E-state index in [1.54, 1.807) is 35.6 Å². The van der Waals surface area contributed by atoms with Gasteiger partial charge in [0.15, 0.2) is 0 Å².